The van der Waals surface area contributed by atoms with Crippen molar-refractivity contribution in [2.45, 2.75) is 25.8 Å². The van der Waals surface area contributed by atoms with Crippen molar-refractivity contribution >= 4 is 5.91 Å². The van der Waals surface area contributed by atoms with Gasteiger partial charge in [0.05, 0.1) is 30.6 Å². The number of ether oxygens (including phenoxy) is 2. The highest BCUT2D eigenvalue weighted by molar-refractivity contribution is 5.78. The zero-order chi connectivity index (χ0) is 17.1. The van der Waals surface area contributed by atoms with E-state index in [0.717, 1.165) is 30.6 Å². The summed E-state index contributed by atoms with van der Waals surface area (Å²) in [6, 6.07) is 3.55. The van der Waals surface area contributed by atoms with E-state index >= 15 is 0 Å². The first kappa shape index (κ1) is 16.3. The number of aryl methyl sites for hydroxylation is 2. The first-order valence-corrected chi connectivity index (χ1v) is 8.01. The molecular formula is C17H22N4O3. The molecule has 3 rings (SSSR count). The Morgan fingerprint density at radius 3 is 3.00 bits per heavy atom. The average Bonchev–Trinajstić information content (AvgIpc) is 3.17. The van der Waals surface area contributed by atoms with E-state index in [1.54, 1.807) is 36.3 Å². The van der Waals surface area contributed by atoms with Crippen LogP contribution in [-0.4, -0.2) is 45.8 Å². The quantitative estimate of drug-likeness (QED) is 0.837. The van der Waals surface area contributed by atoms with Gasteiger partial charge in [-0.3, -0.25) is 9.78 Å². The van der Waals surface area contributed by atoms with Crippen molar-refractivity contribution in [3.05, 3.63) is 35.8 Å². The van der Waals surface area contributed by atoms with Crippen LogP contribution in [-0.2, 0) is 11.8 Å². The van der Waals surface area contributed by atoms with Gasteiger partial charge in [0.1, 0.15) is 5.75 Å². The minimum atomic E-state index is -0.0355. The van der Waals surface area contributed by atoms with Crippen LogP contribution in [0.2, 0.25) is 0 Å². The second-order valence-electron chi connectivity index (χ2n) is 5.85. The van der Waals surface area contributed by atoms with Crippen LogP contribution >= 0.6 is 0 Å². The summed E-state index contributed by atoms with van der Waals surface area (Å²) in [5.74, 6) is 1.27. The lowest BCUT2D eigenvalue weighted by molar-refractivity contribution is -0.134. The Morgan fingerprint density at radius 1 is 1.46 bits per heavy atom. The van der Waals surface area contributed by atoms with Crippen molar-refractivity contribution < 1.29 is 14.3 Å². The minimum absolute atomic E-state index is 0.00379. The first-order valence-electron chi connectivity index (χ1n) is 8.01. The molecule has 7 heteroatoms. The van der Waals surface area contributed by atoms with E-state index in [1.807, 2.05) is 18.9 Å². The molecule has 1 aliphatic heterocycles. The topological polar surface area (TPSA) is 69.5 Å². The van der Waals surface area contributed by atoms with Crippen molar-refractivity contribution in [1.29, 1.82) is 0 Å². The smallest absolute Gasteiger partial charge is 0.261 e. The second-order valence-corrected chi connectivity index (χ2v) is 5.85. The number of carbonyl (C=O) groups excluding carboxylic acids is 1. The van der Waals surface area contributed by atoms with E-state index in [1.165, 1.54) is 0 Å². The number of amides is 1. The molecule has 0 aromatic carbocycles. The second kappa shape index (κ2) is 6.90. The molecule has 0 radical (unpaired) electrons. The maximum Gasteiger partial charge on any atom is 0.261 e. The van der Waals surface area contributed by atoms with E-state index in [-0.39, 0.29) is 18.6 Å². The average molecular weight is 330 g/mol. The molecule has 1 fully saturated rings. The number of methoxy groups -OCH3 is 1. The van der Waals surface area contributed by atoms with Gasteiger partial charge in [-0.25, -0.2) is 4.68 Å². The number of aromatic nitrogens is 3. The predicted molar refractivity (Wildman–Crippen MR) is 87.9 cm³/mol. The molecule has 1 aliphatic rings. The summed E-state index contributed by atoms with van der Waals surface area (Å²) >= 11 is 0. The highest BCUT2D eigenvalue weighted by atomic mass is 16.5. The fourth-order valence-electron chi connectivity index (χ4n) is 3.30. The number of likely N-dealkylation sites (tertiary alicyclic amines) is 1. The lowest BCUT2D eigenvalue weighted by Gasteiger charge is -2.25. The minimum Gasteiger partial charge on any atom is -0.482 e. The Morgan fingerprint density at radius 2 is 2.29 bits per heavy atom. The number of nitrogens with zero attached hydrogens (tertiary/aromatic N) is 4. The van der Waals surface area contributed by atoms with Gasteiger partial charge in [0.2, 0.25) is 5.88 Å². The SMILES string of the molecule is COc1c([C@H]2CCCN2C(=O)COc2cccnc2)c(C)nn1C. The zero-order valence-corrected chi connectivity index (χ0v) is 14.2. The Kier molecular flexibility index (Phi) is 4.69. The van der Waals surface area contributed by atoms with Crippen molar-refractivity contribution in [2.75, 3.05) is 20.3 Å². The van der Waals surface area contributed by atoms with E-state index in [0.29, 0.717) is 11.6 Å². The molecule has 0 saturated carbocycles. The Bertz CT molecular complexity index is 714. The highest BCUT2D eigenvalue weighted by Gasteiger charge is 2.35. The largest absolute Gasteiger partial charge is 0.482 e. The fraction of sp³-hybridized carbons (Fsp3) is 0.471. The van der Waals surface area contributed by atoms with Gasteiger partial charge in [0.25, 0.3) is 5.91 Å². The molecular weight excluding hydrogens is 308 g/mol. The van der Waals surface area contributed by atoms with Crippen LogP contribution in [0.5, 0.6) is 11.6 Å². The standard InChI is InChI=1S/C17H22N4O3/c1-12-16(17(23-3)20(2)19-12)14-7-5-9-21(14)15(22)11-24-13-6-4-8-18-10-13/h4,6,8,10,14H,5,7,9,11H2,1-3H3/t14-/m1/s1. The predicted octanol–water partition coefficient (Wildman–Crippen LogP) is 1.87. The molecule has 1 atom stereocenters. The van der Waals surface area contributed by atoms with Gasteiger partial charge in [-0.15, -0.1) is 0 Å². The van der Waals surface area contributed by atoms with Gasteiger partial charge in [-0.1, -0.05) is 0 Å². The highest BCUT2D eigenvalue weighted by Crippen LogP contribution is 2.38. The molecule has 1 amide bonds. The van der Waals surface area contributed by atoms with E-state index in [2.05, 4.69) is 10.1 Å². The van der Waals surface area contributed by atoms with E-state index in [9.17, 15) is 4.79 Å². The van der Waals surface area contributed by atoms with Crippen LogP contribution in [0.25, 0.3) is 0 Å². The number of hydrogen-bond acceptors (Lipinski definition) is 5. The van der Waals surface area contributed by atoms with Crippen LogP contribution in [0.1, 0.15) is 30.1 Å². The maximum atomic E-state index is 12.6. The van der Waals surface area contributed by atoms with Crippen LogP contribution < -0.4 is 9.47 Å². The van der Waals surface area contributed by atoms with Crippen LogP contribution in [0.4, 0.5) is 0 Å². The summed E-state index contributed by atoms with van der Waals surface area (Å²) in [6.07, 6.45) is 5.13. The molecule has 0 aliphatic carbocycles. The summed E-state index contributed by atoms with van der Waals surface area (Å²) in [4.78, 5) is 18.5. The summed E-state index contributed by atoms with van der Waals surface area (Å²) < 4.78 is 12.8. The van der Waals surface area contributed by atoms with Crippen LogP contribution in [0.15, 0.2) is 24.5 Å². The number of hydrogen-bond donors (Lipinski definition) is 0. The lowest BCUT2D eigenvalue weighted by Crippen LogP contribution is -2.34. The third kappa shape index (κ3) is 3.06. The molecule has 0 N–H and O–H groups in total. The van der Waals surface area contributed by atoms with E-state index < -0.39 is 0 Å². The molecule has 3 heterocycles. The normalized spacial score (nSPS) is 17.1. The third-order valence-corrected chi connectivity index (χ3v) is 4.31. The lowest BCUT2D eigenvalue weighted by atomic mass is 10.1. The summed E-state index contributed by atoms with van der Waals surface area (Å²) in [7, 11) is 3.48. The van der Waals surface area contributed by atoms with Gasteiger partial charge in [0, 0.05) is 19.8 Å². The van der Waals surface area contributed by atoms with Gasteiger partial charge < -0.3 is 14.4 Å². The molecule has 0 spiro atoms. The van der Waals surface area contributed by atoms with Crippen LogP contribution in [0.3, 0.4) is 0 Å². The zero-order valence-electron chi connectivity index (χ0n) is 14.2. The molecule has 7 nitrogen and oxygen atoms in total. The summed E-state index contributed by atoms with van der Waals surface area (Å²) in [5.41, 5.74) is 1.89. The molecule has 128 valence electrons. The summed E-state index contributed by atoms with van der Waals surface area (Å²) in [6.45, 7) is 2.67. The molecule has 0 bridgehead atoms. The molecule has 1 saturated heterocycles. The molecule has 2 aromatic rings. The Balaban J connectivity index is 1.75. The fourth-order valence-corrected chi connectivity index (χ4v) is 3.30. The Labute approximate surface area is 141 Å². The molecule has 2 aromatic heterocycles. The Hall–Kier alpha value is -2.57. The van der Waals surface area contributed by atoms with E-state index in [4.69, 9.17) is 9.47 Å². The van der Waals surface area contributed by atoms with Gasteiger partial charge >= 0.3 is 0 Å². The van der Waals surface area contributed by atoms with Gasteiger partial charge in [0.15, 0.2) is 6.61 Å². The number of rotatable bonds is 5. The van der Waals surface area contributed by atoms with Gasteiger partial charge in [-0.05, 0) is 31.9 Å². The maximum absolute atomic E-state index is 12.6. The van der Waals surface area contributed by atoms with Crippen molar-refractivity contribution in [2.24, 2.45) is 7.05 Å². The van der Waals surface area contributed by atoms with Crippen LogP contribution in [0, 0.1) is 6.92 Å². The third-order valence-electron chi connectivity index (χ3n) is 4.31. The van der Waals surface area contributed by atoms with Crippen molar-refractivity contribution in [3.63, 3.8) is 0 Å². The molecule has 24 heavy (non-hydrogen) atoms. The first-order chi connectivity index (χ1) is 11.6. The number of carbonyl (C=O) groups is 1. The van der Waals surface area contributed by atoms with Crippen molar-refractivity contribution in [3.8, 4) is 11.6 Å². The monoisotopic (exact) mass is 330 g/mol. The molecule has 0 unspecified atom stereocenters. The summed E-state index contributed by atoms with van der Waals surface area (Å²) in [5, 5.41) is 4.43. The number of pyridine rings is 1. The van der Waals surface area contributed by atoms with Crippen molar-refractivity contribution in [1.82, 2.24) is 19.7 Å². The van der Waals surface area contributed by atoms with Gasteiger partial charge in [-0.2, -0.15) is 5.10 Å².